The number of hydrogen-bond donors (Lipinski definition) is 0. The second-order valence-electron chi connectivity index (χ2n) is 7.99. The monoisotopic (exact) mass is 423 g/mol. The van der Waals surface area contributed by atoms with Crippen LogP contribution >= 0.6 is 0 Å². The second kappa shape index (κ2) is 7.27. The van der Waals surface area contributed by atoms with E-state index in [0.29, 0.717) is 17.9 Å². The number of aromatic nitrogens is 1. The van der Waals surface area contributed by atoms with E-state index in [9.17, 15) is 12.8 Å². The van der Waals surface area contributed by atoms with E-state index in [1.165, 1.54) is 12.1 Å². The van der Waals surface area contributed by atoms with E-state index in [1.807, 2.05) is 30.5 Å². The summed E-state index contributed by atoms with van der Waals surface area (Å²) in [6.45, 7) is 2.35. The van der Waals surface area contributed by atoms with Gasteiger partial charge < -0.3 is 0 Å². The molecule has 30 heavy (non-hydrogen) atoms. The van der Waals surface area contributed by atoms with Crippen molar-refractivity contribution in [1.29, 1.82) is 0 Å². The summed E-state index contributed by atoms with van der Waals surface area (Å²) < 4.78 is 42.0. The molecule has 1 saturated heterocycles. The molecule has 0 amide bonds. The van der Waals surface area contributed by atoms with Gasteiger partial charge in [0.2, 0.25) is 10.0 Å². The van der Waals surface area contributed by atoms with Crippen LogP contribution in [0.5, 0.6) is 0 Å². The van der Waals surface area contributed by atoms with E-state index in [2.05, 4.69) is 9.88 Å². The zero-order chi connectivity index (χ0) is 20.8. The summed E-state index contributed by atoms with van der Waals surface area (Å²) in [5.74, 6) is -0.329. The Morgan fingerprint density at radius 1 is 0.967 bits per heavy atom. The predicted molar refractivity (Wildman–Crippen MR) is 111 cm³/mol. The highest BCUT2D eigenvalue weighted by Crippen LogP contribution is 2.50. The van der Waals surface area contributed by atoms with E-state index in [1.54, 1.807) is 34.8 Å². The highest BCUT2D eigenvalue weighted by molar-refractivity contribution is 7.89. The van der Waals surface area contributed by atoms with Crippen molar-refractivity contribution in [3.63, 3.8) is 0 Å². The van der Waals surface area contributed by atoms with Gasteiger partial charge in [-0.2, -0.15) is 4.31 Å². The molecule has 1 aromatic heterocycles. The molecule has 2 aliphatic heterocycles. The quantitative estimate of drug-likeness (QED) is 0.644. The molecule has 2 aliphatic rings. The van der Waals surface area contributed by atoms with Gasteiger partial charge in [-0.1, -0.05) is 36.4 Å². The van der Waals surface area contributed by atoms with Crippen LogP contribution in [0.3, 0.4) is 0 Å². The van der Waals surface area contributed by atoms with Gasteiger partial charge in [-0.3, -0.25) is 9.88 Å². The van der Waals surface area contributed by atoms with E-state index < -0.39 is 15.6 Å². The molecule has 2 aromatic carbocycles. The molecule has 0 N–H and O–H groups in total. The number of hydrogen-bond acceptors (Lipinski definition) is 4. The van der Waals surface area contributed by atoms with Crippen LogP contribution in [0.4, 0.5) is 4.39 Å². The number of sulfonamides is 1. The summed E-state index contributed by atoms with van der Waals surface area (Å²) in [6, 6.07) is 17.3. The Morgan fingerprint density at radius 3 is 2.53 bits per heavy atom. The van der Waals surface area contributed by atoms with E-state index in [4.69, 9.17) is 0 Å². The SMILES string of the molecule is O=S1(=O)c2ccccc2C2(CCN(Cc3cccnc3)C2)N1Cc1ccc(F)cc1. The highest BCUT2D eigenvalue weighted by atomic mass is 32.2. The lowest BCUT2D eigenvalue weighted by atomic mass is 9.88. The van der Waals surface area contributed by atoms with Crippen LogP contribution in [0, 0.1) is 5.82 Å². The van der Waals surface area contributed by atoms with Crippen molar-refractivity contribution in [2.75, 3.05) is 13.1 Å². The number of pyridine rings is 1. The van der Waals surface area contributed by atoms with Crippen LogP contribution in [0.15, 0.2) is 78.0 Å². The third kappa shape index (κ3) is 3.14. The van der Waals surface area contributed by atoms with E-state index >= 15 is 0 Å². The van der Waals surface area contributed by atoms with Crippen molar-refractivity contribution in [2.24, 2.45) is 0 Å². The molecule has 5 nitrogen and oxygen atoms in total. The van der Waals surface area contributed by atoms with Gasteiger partial charge in [-0.25, -0.2) is 12.8 Å². The Kier molecular flexibility index (Phi) is 4.69. The standard InChI is InChI=1S/C23H22FN3O2S/c24-20-9-7-18(8-10-20)16-27-23(21-5-1-2-6-22(21)30(27,28)29)11-13-26(17-23)15-19-4-3-12-25-14-19/h1-10,12,14H,11,13,15-17H2. The minimum absolute atomic E-state index is 0.220. The summed E-state index contributed by atoms with van der Waals surface area (Å²) >= 11 is 0. The summed E-state index contributed by atoms with van der Waals surface area (Å²) in [6.07, 6.45) is 4.31. The molecule has 3 aromatic rings. The first-order valence-electron chi connectivity index (χ1n) is 9.97. The van der Waals surface area contributed by atoms with Gasteiger partial charge in [0.15, 0.2) is 0 Å². The van der Waals surface area contributed by atoms with Gasteiger partial charge >= 0.3 is 0 Å². The maximum absolute atomic E-state index is 13.5. The van der Waals surface area contributed by atoms with Crippen LogP contribution in [0.2, 0.25) is 0 Å². The summed E-state index contributed by atoms with van der Waals surface area (Å²) in [5, 5.41) is 0. The molecule has 1 unspecified atom stereocenters. The number of rotatable bonds is 4. The van der Waals surface area contributed by atoms with E-state index in [0.717, 1.165) is 29.8 Å². The number of halogens is 1. The normalized spacial score (nSPS) is 23.1. The van der Waals surface area contributed by atoms with Gasteiger partial charge in [0.1, 0.15) is 5.82 Å². The maximum Gasteiger partial charge on any atom is 0.244 e. The first kappa shape index (κ1) is 19.4. The fraction of sp³-hybridized carbons (Fsp3) is 0.261. The summed E-state index contributed by atoms with van der Waals surface area (Å²) in [5.41, 5.74) is 2.12. The number of fused-ring (bicyclic) bond motifs is 2. The van der Waals surface area contributed by atoms with Crippen molar-refractivity contribution >= 4 is 10.0 Å². The smallest absolute Gasteiger partial charge is 0.244 e. The molecule has 5 rings (SSSR count). The lowest BCUT2D eigenvalue weighted by Gasteiger charge is -2.34. The molecule has 154 valence electrons. The van der Waals surface area contributed by atoms with Gasteiger partial charge in [-0.15, -0.1) is 0 Å². The average molecular weight is 424 g/mol. The molecular formula is C23H22FN3O2S. The lowest BCUT2D eigenvalue weighted by molar-refractivity contribution is 0.184. The molecule has 0 aliphatic carbocycles. The summed E-state index contributed by atoms with van der Waals surface area (Å²) in [7, 11) is -3.64. The van der Waals surface area contributed by atoms with Crippen LogP contribution in [-0.4, -0.2) is 35.7 Å². The van der Waals surface area contributed by atoms with Gasteiger partial charge in [0, 0.05) is 38.6 Å². The van der Waals surface area contributed by atoms with Crippen molar-refractivity contribution in [3.8, 4) is 0 Å². The zero-order valence-electron chi connectivity index (χ0n) is 16.4. The fourth-order valence-electron chi connectivity index (χ4n) is 4.73. The lowest BCUT2D eigenvalue weighted by Crippen LogP contribution is -2.45. The third-order valence-electron chi connectivity index (χ3n) is 6.13. The van der Waals surface area contributed by atoms with Crippen LogP contribution in [-0.2, 0) is 28.7 Å². The molecular weight excluding hydrogens is 401 g/mol. The van der Waals surface area contributed by atoms with Crippen LogP contribution in [0.1, 0.15) is 23.1 Å². The number of nitrogens with zero attached hydrogens (tertiary/aromatic N) is 3. The highest BCUT2D eigenvalue weighted by Gasteiger charge is 2.56. The molecule has 0 radical (unpaired) electrons. The van der Waals surface area contributed by atoms with Crippen molar-refractivity contribution in [1.82, 2.24) is 14.2 Å². The van der Waals surface area contributed by atoms with Gasteiger partial charge in [0.25, 0.3) is 0 Å². The molecule has 0 saturated carbocycles. The van der Waals surface area contributed by atoms with E-state index in [-0.39, 0.29) is 12.4 Å². The largest absolute Gasteiger partial charge is 0.297 e. The molecule has 1 spiro atoms. The Bertz CT molecular complexity index is 1170. The van der Waals surface area contributed by atoms with Crippen molar-refractivity contribution in [2.45, 2.75) is 29.9 Å². The Morgan fingerprint density at radius 2 is 1.77 bits per heavy atom. The first-order valence-corrected chi connectivity index (χ1v) is 11.4. The van der Waals surface area contributed by atoms with Crippen molar-refractivity contribution in [3.05, 3.63) is 95.6 Å². The minimum atomic E-state index is -3.64. The molecule has 1 fully saturated rings. The molecule has 7 heteroatoms. The van der Waals surface area contributed by atoms with Crippen LogP contribution in [0.25, 0.3) is 0 Å². The zero-order valence-corrected chi connectivity index (χ0v) is 17.2. The van der Waals surface area contributed by atoms with Gasteiger partial charge in [-0.05, 0) is 47.4 Å². The molecule has 0 bridgehead atoms. The Labute approximate surface area is 175 Å². The average Bonchev–Trinajstić information content (AvgIpc) is 3.24. The maximum atomic E-state index is 13.5. The molecule has 1 atom stereocenters. The fourth-order valence-corrected chi connectivity index (χ4v) is 6.78. The second-order valence-corrected chi connectivity index (χ2v) is 9.82. The minimum Gasteiger partial charge on any atom is -0.297 e. The Hall–Kier alpha value is -2.61. The predicted octanol–water partition coefficient (Wildman–Crippen LogP) is 3.53. The van der Waals surface area contributed by atoms with Crippen molar-refractivity contribution < 1.29 is 12.8 Å². The topological polar surface area (TPSA) is 53.5 Å². The number of likely N-dealkylation sites (tertiary alicyclic amines) is 1. The van der Waals surface area contributed by atoms with Crippen LogP contribution < -0.4 is 0 Å². The Balaban J connectivity index is 1.52. The van der Waals surface area contributed by atoms with Gasteiger partial charge in [0.05, 0.1) is 10.4 Å². The first-order chi connectivity index (χ1) is 14.5. The molecule has 3 heterocycles. The summed E-state index contributed by atoms with van der Waals surface area (Å²) in [4.78, 5) is 6.86. The number of benzene rings is 2. The third-order valence-corrected chi connectivity index (χ3v) is 8.10.